The van der Waals surface area contributed by atoms with Crippen LogP contribution in [-0.4, -0.2) is 33.3 Å². The molecule has 9 heteroatoms. The number of nitro benzene ring substituents is 1. The Morgan fingerprint density at radius 1 is 1.35 bits per heavy atom. The Balaban J connectivity index is 1.72. The lowest BCUT2D eigenvalue weighted by atomic mass is 10.2. The van der Waals surface area contributed by atoms with Gasteiger partial charge in [0.1, 0.15) is 0 Å². The molecule has 1 aromatic carbocycles. The highest BCUT2D eigenvalue weighted by Crippen LogP contribution is 2.38. The first-order valence-corrected chi connectivity index (χ1v) is 7.37. The van der Waals surface area contributed by atoms with Crippen molar-refractivity contribution in [2.24, 2.45) is 0 Å². The zero-order valence-corrected chi connectivity index (χ0v) is 12.4. The van der Waals surface area contributed by atoms with Crippen LogP contribution in [0, 0.1) is 10.1 Å². The third-order valence-corrected chi connectivity index (χ3v) is 3.49. The van der Waals surface area contributed by atoms with Crippen molar-refractivity contribution >= 4 is 17.1 Å². The molecule has 3 N–H and O–H groups in total. The van der Waals surface area contributed by atoms with Crippen LogP contribution >= 0.6 is 0 Å². The lowest BCUT2D eigenvalue weighted by molar-refractivity contribution is -0.384. The van der Waals surface area contributed by atoms with Gasteiger partial charge in [0.15, 0.2) is 5.82 Å². The smallest absolute Gasteiger partial charge is 0.271 e. The van der Waals surface area contributed by atoms with E-state index in [9.17, 15) is 10.1 Å². The number of rotatable bonds is 8. The van der Waals surface area contributed by atoms with Crippen LogP contribution in [0.25, 0.3) is 0 Å². The fraction of sp³-hybridized carbons (Fsp3) is 0.429. The molecule has 2 aromatic rings. The van der Waals surface area contributed by atoms with Crippen molar-refractivity contribution in [3.05, 3.63) is 40.0 Å². The molecular formula is C14H17N5O4. The molecule has 1 aliphatic rings. The average Bonchev–Trinajstić information content (AvgIpc) is 3.30. The van der Waals surface area contributed by atoms with Crippen LogP contribution < -0.4 is 10.6 Å². The summed E-state index contributed by atoms with van der Waals surface area (Å²) in [6.07, 6.45) is 2.16. The van der Waals surface area contributed by atoms with E-state index < -0.39 is 4.92 Å². The lowest BCUT2D eigenvalue weighted by Crippen LogP contribution is -2.09. The van der Waals surface area contributed by atoms with Crippen LogP contribution in [0.5, 0.6) is 0 Å². The van der Waals surface area contributed by atoms with Crippen LogP contribution in [0.3, 0.4) is 0 Å². The molecule has 0 unspecified atom stereocenters. The van der Waals surface area contributed by atoms with Gasteiger partial charge in [0.05, 0.1) is 29.4 Å². The normalized spacial score (nSPS) is 13.8. The van der Waals surface area contributed by atoms with E-state index in [1.54, 1.807) is 6.07 Å². The van der Waals surface area contributed by atoms with Gasteiger partial charge in [-0.05, 0) is 18.9 Å². The molecular weight excluding hydrogens is 302 g/mol. The maximum absolute atomic E-state index is 10.9. The second-order valence-corrected chi connectivity index (χ2v) is 5.31. The summed E-state index contributed by atoms with van der Waals surface area (Å²) in [4.78, 5) is 14.8. The number of hydrogen-bond donors (Lipinski definition) is 3. The summed E-state index contributed by atoms with van der Waals surface area (Å²) in [5.74, 6) is 1.54. The van der Waals surface area contributed by atoms with Crippen molar-refractivity contribution in [1.82, 2.24) is 10.1 Å². The van der Waals surface area contributed by atoms with E-state index >= 15 is 0 Å². The van der Waals surface area contributed by atoms with Crippen molar-refractivity contribution < 1.29 is 14.6 Å². The van der Waals surface area contributed by atoms with Gasteiger partial charge in [0.2, 0.25) is 5.89 Å². The van der Waals surface area contributed by atoms with Crippen LogP contribution in [-0.2, 0) is 6.54 Å². The molecule has 0 amide bonds. The van der Waals surface area contributed by atoms with Crippen molar-refractivity contribution in [2.45, 2.75) is 25.3 Å². The number of anilines is 2. The first-order chi connectivity index (χ1) is 11.2. The van der Waals surface area contributed by atoms with Crippen LogP contribution in [0.15, 0.2) is 22.7 Å². The average molecular weight is 319 g/mol. The topological polar surface area (TPSA) is 126 Å². The summed E-state index contributed by atoms with van der Waals surface area (Å²) in [5, 5.41) is 29.8. The molecule has 122 valence electrons. The van der Waals surface area contributed by atoms with Gasteiger partial charge in [-0.15, -0.1) is 0 Å². The Morgan fingerprint density at radius 2 is 2.17 bits per heavy atom. The van der Waals surface area contributed by atoms with Gasteiger partial charge in [0, 0.05) is 24.6 Å². The van der Waals surface area contributed by atoms with Gasteiger partial charge in [-0.3, -0.25) is 10.1 Å². The SMILES string of the molecule is O=[N+]([O-])c1ccc(NCCO)c(NCc2noc(C3CC3)n2)c1. The number of benzene rings is 1. The second-order valence-electron chi connectivity index (χ2n) is 5.31. The van der Waals surface area contributed by atoms with E-state index in [1.165, 1.54) is 12.1 Å². The number of aliphatic hydroxyl groups is 1. The summed E-state index contributed by atoms with van der Waals surface area (Å²) in [6, 6.07) is 4.44. The molecule has 23 heavy (non-hydrogen) atoms. The third-order valence-electron chi connectivity index (χ3n) is 3.49. The highest BCUT2D eigenvalue weighted by atomic mass is 16.6. The molecule has 0 atom stereocenters. The first-order valence-electron chi connectivity index (χ1n) is 7.37. The molecule has 0 radical (unpaired) electrons. The molecule has 3 rings (SSSR count). The van der Waals surface area contributed by atoms with Crippen molar-refractivity contribution in [3.63, 3.8) is 0 Å². The van der Waals surface area contributed by atoms with E-state index in [0.717, 1.165) is 12.8 Å². The minimum absolute atomic E-state index is 0.0196. The van der Waals surface area contributed by atoms with Crippen molar-refractivity contribution in [1.29, 1.82) is 0 Å². The molecule has 0 saturated heterocycles. The summed E-state index contributed by atoms with van der Waals surface area (Å²) in [5.41, 5.74) is 1.19. The highest BCUT2D eigenvalue weighted by Gasteiger charge is 2.29. The van der Waals surface area contributed by atoms with E-state index in [2.05, 4.69) is 20.8 Å². The van der Waals surface area contributed by atoms with E-state index in [1.807, 2.05) is 0 Å². The number of hydrogen-bond acceptors (Lipinski definition) is 8. The molecule has 1 saturated carbocycles. The van der Waals surface area contributed by atoms with Gasteiger partial charge in [-0.2, -0.15) is 4.98 Å². The Hall–Kier alpha value is -2.68. The molecule has 0 aliphatic heterocycles. The highest BCUT2D eigenvalue weighted by molar-refractivity contribution is 5.71. The molecule has 1 aliphatic carbocycles. The number of nitro groups is 1. The monoisotopic (exact) mass is 319 g/mol. The minimum atomic E-state index is -0.458. The molecule has 9 nitrogen and oxygen atoms in total. The van der Waals surface area contributed by atoms with Crippen LogP contribution in [0.1, 0.15) is 30.5 Å². The quantitative estimate of drug-likeness (QED) is 0.497. The Bertz CT molecular complexity index is 698. The number of aliphatic hydroxyl groups excluding tert-OH is 1. The summed E-state index contributed by atoms with van der Waals surface area (Å²) < 4.78 is 5.18. The standard InChI is InChI=1S/C14H17N5O4/c20-6-5-15-11-4-3-10(19(21)22)7-12(11)16-8-13-17-14(23-18-13)9-1-2-9/h3-4,7,9,15-16,20H,1-2,5-6,8H2. The Kier molecular flexibility index (Phi) is 4.38. The lowest BCUT2D eigenvalue weighted by Gasteiger charge is -2.12. The Morgan fingerprint density at radius 3 is 2.87 bits per heavy atom. The summed E-state index contributed by atoms with van der Waals surface area (Å²) in [7, 11) is 0. The number of nitrogens with one attached hydrogen (secondary N) is 2. The van der Waals surface area contributed by atoms with E-state index in [0.29, 0.717) is 42.1 Å². The van der Waals surface area contributed by atoms with Gasteiger partial charge >= 0.3 is 0 Å². The largest absolute Gasteiger partial charge is 0.395 e. The minimum Gasteiger partial charge on any atom is -0.395 e. The van der Waals surface area contributed by atoms with Crippen molar-refractivity contribution in [3.8, 4) is 0 Å². The van der Waals surface area contributed by atoms with Gasteiger partial charge in [0.25, 0.3) is 5.69 Å². The van der Waals surface area contributed by atoms with Crippen LogP contribution in [0.4, 0.5) is 17.1 Å². The van der Waals surface area contributed by atoms with Crippen molar-refractivity contribution in [2.75, 3.05) is 23.8 Å². The molecule has 0 spiro atoms. The maximum Gasteiger partial charge on any atom is 0.271 e. The summed E-state index contributed by atoms with van der Waals surface area (Å²) in [6.45, 7) is 0.609. The number of nitrogens with zero attached hydrogens (tertiary/aromatic N) is 3. The zero-order chi connectivity index (χ0) is 16.2. The van der Waals surface area contributed by atoms with Gasteiger partial charge in [-0.25, -0.2) is 0 Å². The maximum atomic E-state index is 10.9. The third kappa shape index (κ3) is 3.75. The second kappa shape index (κ2) is 6.61. The predicted molar refractivity (Wildman–Crippen MR) is 82.3 cm³/mol. The fourth-order valence-corrected chi connectivity index (χ4v) is 2.15. The zero-order valence-electron chi connectivity index (χ0n) is 12.4. The Labute approximate surface area is 131 Å². The molecule has 0 bridgehead atoms. The summed E-state index contributed by atoms with van der Waals surface area (Å²) >= 11 is 0. The first kappa shape index (κ1) is 15.2. The van der Waals surface area contributed by atoms with Gasteiger partial charge < -0.3 is 20.3 Å². The molecule has 1 heterocycles. The number of aromatic nitrogens is 2. The predicted octanol–water partition coefficient (Wildman–Crippen LogP) is 1.87. The van der Waals surface area contributed by atoms with E-state index in [4.69, 9.17) is 9.63 Å². The molecule has 1 aromatic heterocycles. The molecule has 1 fully saturated rings. The van der Waals surface area contributed by atoms with Crippen LogP contribution in [0.2, 0.25) is 0 Å². The van der Waals surface area contributed by atoms with E-state index in [-0.39, 0.29) is 12.3 Å². The number of non-ortho nitro benzene ring substituents is 1. The fourth-order valence-electron chi connectivity index (χ4n) is 2.15. The van der Waals surface area contributed by atoms with Gasteiger partial charge in [-0.1, -0.05) is 5.16 Å².